The normalized spacial score (nSPS) is 25.7. The molecule has 0 aromatic heterocycles. The predicted octanol–water partition coefficient (Wildman–Crippen LogP) is 0.949. The smallest absolute Gasteiger partial charge is 0.323 e. The van der Waals surface area contributed by atoms with E-state index in [0.29, 0.717) is 5.92 Å². The summed E-state index contributed by atoms with van der Waals surface area (Å²) in [6.45, 7) is 1.79. The second-order valence-corrected chi connectivity index (χ2v) is 4.09. The van der Waals surface area contributed by atoms with Crippen molar-refractivity contribution >= 4 is 12.0 Å². The number of urea groups is 1. The monoisotopic (exact) mass is 214 g/mol. The molecule has 3 N–H and O–H groups in total. The quantitative estimate of drug-likeness (QED) is 0.654. The maximum absolute atomic E-state index is 11.3. The van der Waals surface area contributed by atoms with Gasteiger partial charge in [-0.2, -0.15) is 0 Å². The van der Waals surface area contributed by atoms with Crippen molar-refractivity contribution in [2.24, 2.45) is 5.92 Å². The van der Waals surface area contributed by atoms with Crippen LogP contribution in [0.15, 0.2) is 0 Å². The number of carboxylic acids is 1. The molecular weight excluding hydrogens is 196 g/mol. The van der Waals surface area contributed by atoms with Crippen molar-refractivity contribution in [2.75, 3.05) is 6.54 Å². The summed E-state index contributed by atoms with van der Waals surface area (Å²) >= 11 is 0. The second kappa shape index (κ2) is 5.58. The standard InChI is InChI=1S/C10H18N2O3/c1-7-4-2-3-5-8(7)12-10(15)11-6-9(13)14/h7-8H,2-6H2,1H3,(H,13,14)(H2,11,12,15). The first-order valence-electron chi connectivity index (χ1n) is 5.35. The van der Waals surface area contributed by atoms with E-state index < -0.39 is 5.97 Å². The molecule has 0 bridgehead atoms. The maximum Gasteiger partial charge on any atom is 0.323 e. The molecule has 5 nitrogen and oxygen atoms in total. The van der Waals surface area contributed by atoms with Crippen LogP contribution >= 0.6 is 0 Å². The van der Waals surface area contributed by atoms with Crippen LogP contribution in [0.1, 0.15) is 32.6 Å². The molecule has 2 unspecified atom stereocenters. The fraction of sp³-hybridized carbons (Fsp3) is 0.800. The van der Waals surface area contributed by atoms with Crippen LogP contribution in [0.3, 0.4) is 0 Å². The van der Waals surface area contributed by atoms with Gasteiger partial charge in [0.1, 0.15) is 6.54 Å². The largest absolute Gasteiger partial charge is 0.480 e. The van der Waals surface area contributed by atoms with E-state index in [1.807, 2.05) is 0 Å². The number of hydrogen-bond donors (Lipinski definition) is 3. The van der Waals surface area contributed by atoms with Crippen molar-refractivity contribution in [1.29, 1.82) is 0 Å². The SMILES string of the molecule is CC1CCCCC1NC(=O)NCC(=O)O. The van der Waals surface area contributed by atoms with Gasteiger partial charge in [0.15, 0.2) is 0 Å². The number of carbonyl (C=O) groups is 2. The molecule has 2 atom stereocenters. The van der Waals surface area contributed by atoms with E-state index >= 15 is 0 Å². The molecule has 0 radical (unpaired) electrons. The van der Waals surface area contributed by atoms with Crippen LogP contribution < -0.4 is 10.6 Å². The number of rotatable bonds is 3. The third-order valence-electron chi connectivity index (χ3n) is 2.83. The van der Waals surface area contributed by atoms with Crippen molar-refractivity contribution in [3.63, 3.8) is 0 Å². The Hall–Kier alpha value is -1.26. The number of carbonyl (C=O) groups excluding carboxylic acids is 1. The lowest BCUT2D eigenvalue weighted by molar-refractivity contribution is -0.135. The Bertz CT molecular complexity index is 243. The van der Waals surface area contributed by atoms with E-state index in [-0.39, 0.29) is 18.6 Å². The zero-order valence-corrected chi connectivity index (χ0v) is 8.95. The Morgan fingerprint density at radius 3 is 2.60 bits per heavy atom. The van der Waals surface area contributed by atoms with Gasteiger partial charge in [-0.15, -0.1) is 0 Å². The predicted molar refractivity (Wildman–Crippen MR) is 55.6 cm³/mol. The summed E-state index contributed by atoms with van der Waals surface area (Å²) in [5.74, 6) is -0.545. The van der Waals surface area contributed by atoms with E-state index in [1.165, 1.54) is 6.42 Å². The van der Waals surface area contributed by atoms with Gasteiger partial charge in [0.25, 0.3) is 0 Å². The first kappa shape index (κ1) is 11.8. The fourth-order valence-electron chi connectivity index (χ4n) is 1.91. The van der Waals surface area contributed by atoms with Crippen LogP contribution in [0.5, 0.6) is 0 Å². The molecule has 86 valence electrons. The molecule has 15 heavy (non-hydrogen) atoms. The Balaban J connectivity index is 2.26. The molecular formula is C10H18N2O3. The van der Waals surface area contributed by atoms with Gasteiger partial charge < -0.3 is 15.7 Å². The third kappa shape index (κ3) is 4.18. The van der Waals surface area contributed by atoms with Crippen molar-refractivity contribution in [2.45, 2.75) is 38.6 Å². The summed E-state index contributed by atoms with van der Waals surface area (Å²) in [4.78, 5) is 21.5. The molecule has 1 aliphatic rings. The van der Waals surface area contributed by atoms with Crippen LogP contribution in [0.25, 0.3) is 0 Å². The summed E-state index contributed by atoms with van der Waals surface area (Å²) in [6, 6.07) is -0.191. The molecule has 0 aliphatic heterocycles. The van der Waals surface area contributed by atoms with Crippen molar-refractivity contribution in [1.82, 2.24) is 10.6 Å². The van der Waals surface area contributed by atoms with Crippen LogP contribution in [-0.2, 0) is 4.79 Å². The highest BCUT2D eigenvalue weighted by Gasteiger charge is 2.22. The van der Waals surface area contributed by atoms with Crippen molar-refractivity contribution < 1.29 is 14.7 Å². The molecule has 0 spiro atoms. The highest BCUT2D eigenvalue weighted by atomic mass is 16.4. The van der Waals surface area contributed by atoms with Gasteiger partial charge in [-0.3, -0.25) is 4.79 Å². The molecule has 2 amide bonds. The average Bonchev–Trinajstić information content (AvgIpc) is 2.18. The second-order valence-electron chi connectivity index (χ2n) is 4.09. The van der Waals surface area contributed by atoms with Crippen LogP contribution in [0.4, 0.5) is 4.79 Å². The Kier molecular flexibility index (Phi) is 4.39. The molecule has 1 fully saturated rings. The summed E-state index contributed by atoms with van der Waals surface area (Å²) in [7, 11) is 0. The molecule has 1 aliphatic carbocycles. The van der Waals surface area contributed by atoms with E-state index in [1.54, 1.807) is 0 Å². The van der Waals surface area contributed by atoms with Crippen LogP contribution in [-0.4, -0.2) is 29.7 Å². The van der Waals surface area contributed by atoms with Gasteiger partial charge in [-0.1, -0.05) is 19.8 Å². The minimum absolute atomic E-state index is 0.188. The minimum Gasteiger partial charge on any atom is -0.480 e. The molecule has 1 saturated carbocycles. The lowest BCUT2D eigenvalue weighted by Gasteiger charge is -2.29. The van der Waals surface area contributed by atoms with Gasteiger partial charge in [0, 0.05) is 6.04 Å². The maximum atomic E-state index is 11.3. The van der Waals surface area contributed by atoms with Crippen molar-refractivity contribution in [3.8, 4) is 0 Å². The first-order chi connectivity index (χ1) is 7.09. The third-order valence-corrected chi connectivity index (χ3v) is 2.83. The number of carboxylic acid groups (broad SMARTS) is 1. The van der Waals surface area contributed by atoms with E-state index in [2.05, 4.69) is 17.6 Å². The van der Waals surface area contributed by atoms with Gasteiger partial charge in [0.05, 0.1) is 0 Å². The number of aliphatic carboxylic acids is 1. The Morgan fingerprint density at radius 1 is 1.33 bits per heavy atom. The van der Waals surface area contributed by atoms with E-state index in [9.17, 15) is 9.59 Å². The Morgan fingerprint density at radius 2 is 2.00 bits per heavy atom. The topological polar surface area (TPSA) is 78.4 Å². The number of nitrogens with one attached hydrogen (secondary N) is 2. The first-order valence-corrected chi connectivity index (χ1v) is 5.35. The molecule has 0 aromatic rings. The minimum atomic E-state index is -1.03. The average molecular weight is 214 g/mol. The molecule has 0 heterocycles. The lowest BCUT2D eigenvalue weighted by Crippen LogP contribution is -2.47. The molecule has 0 saturated heterocycles. The van der Waals surface area contributed by atoms with Gasteiger partial charge >= 0.3 is 12.0 Å². The zero-order chi connectivity index (χ0) is 11.3. The van der Waals surface area contributed by atoms with Crippen LogP contribution in [0, 0.1) is 5.92 Å². The van der Waals surface area contributed by atoms with Gasteiger partial charge in [0.2, 0.25) is 0 Å². The highest BCUT2D eigenvalue weighted by Crippen LogP contribution is 2.23. The van der Waals surface area contributed by atoms with Crippen LogP contribution in [0.2, 0.25) is 0 Å². The lowest BCUT2D eigenvalue weighted by atomic mass is 9.86. The summed E-state index contributed by atoms with van der Waals surface area (Å²) < 4.78 is 0. The molecule has 5 heteroatoms. The number of hydrogen-bond acceptors (Lipinski definition) is 2. The zero-order valence-electron chi connectivity index (χ0n) is 8.95. The van der Waals surface area contributed by atoms with Gasteiger partial charge in [-0.05, 0) is 18.8 Å². The van der Waals surface area contributed by atoms with E-state index in [0.717, 1.165) is 19.3 Å². The summed E-state index contributed by atoms with van der Waals surface area (Å²) in [5.41, 5.74) is 0. The summed E-state index contributed by atoms with van der Waals surface area (Å²) in [5, 5.41) is 13.5. The fourth-order valence-corrected chi connectivity index (χ4v) is 1.91. The molecule has 0 aromatic carbocycles. The highest BCUT2D eigenvalue weighted by molar-refractivity contribution is 5.79. The summed E-state index contributed by atoms with van der Waals surface area (Å²) in [6.07, 6.45) is 4.47. The van der Waals surface area contributed by atoms with Gasteiger partial charge in [-0.25, -0.2) is 4.79 Å². The molecule has 1 rings (SSSR count). The number of amides is 2. The Labute approximate surface area is 89.2 Å². The van der Waals surface area contributed by atoms with Crippen molar-refractivity contribution in [3.05, 3.63) is 0 Å². The van der Waals surface area contributed by atoms with E-state index in [4.69, 9.17) is 5.11 Å².